The van der Waals surface area contributed by atoms with Gasteiger partial charge < -0.3 is 15.4 Å². The monoisotopic (exact) mass is 270 g/mol. The van der Waals surface area contributed by atoms with Gasteiger partial charge in [0.05, 0.1) is 0 Å². The predicted molar refractivity (Wildman–Crippen MR) is 75.4 cm³/mol. The quantitative estimate of drug-likeness (QED) is 0.587. The molecule has 5 nitrogen and oxygen atoms in total. The number of carbonyl (C=O) groups excluding carboxylic acids is 1. The number of carboxylic acids is 1. The Kier molecular flexibility index (Phi) is 4.06. The molecule has 1 aromatic heterocycles. The van der Waals surface area contributed by atoms with Crippen molar-refractivity contribution in [3.05, 3.63) is 35.5 Å². The third kappa shape index (κ3) is 3.39. The van der Waals surface area contributed by atoms with Gasteiger partial charge in [0, 0.05) is 36.4 Å². The first-order valence-corrected chi connectivity index (χ1v) is 6.15. The van der Waals surface area contributed by atoms with E-state index in [1.165, 1.54) is 6.92 Å². The van der Waals surface area contributed by atoms with E-state index in [-0.39, 0.29) is 11.6 Å². The minimum Gasteiger partial charge on any atom is -0.477 e. The van der Waals surface area contributed by atoms with Gasteiger partial charge in [0.25, 0.3) is 0 Å². The molecule has 0 bridgehead atoms. The van der Waals surface area contributed by atoms with Crippen molar-refractivity contribution in [2.45, 2.75) is 13.3 Å². The molecule has 2 aromatic rings. The summed E-state index contributed by atoms with van der Waals surface area (Å²) in [6.07, 6.45) is 0.575. The van der Waals surface area contributed by atoms with Crippen molar-refractivity contribution in [2.75, 3.05) is 6.54 Å². The zero-order valence-electron chi connectivity index (χ0n) is 11.0. The van der Waals surface area contributed by atoms with Gasteiger partial charge in [-0.15, -0.1) is 0 Å². The molecule has 0 saturated heterocycles. The van der Waals surface area contributed by atoms with Gasteiger partial charge >= 0.3 is 5.97 Å². The molecule has 5 heteroatoms. The molecular formula is C15H14N2O3. The smallest absolute Gasteiger partial charge is 0.352 e. The molecule has 1 amide bonds. The van der Waals surface area contributed by atoms with Crippen LogP contribution in [0, 0.1) is 11.8 Å². The van der Waals surface area contributed by atoms with E-state index in [0.717, 1.165) is 16.5 Å². The number of aromatic carboxylic acids is 1. The molecule has 2 rings (SSSR count). The number of aromatic amines is 1. The maximum Gasteiger partial charge on any atom is 0.352 e. The van der Waals surface area contributed by atoms with Crippen LogP contribution in [0.5, 0.6) is 0 Å². The minimum atomic E-state index is -0.982. The summed E-state index contributed by atoms with van der Waals surface area (Å²) in [6.45, 7) is 1.99. The number of amides is 1. The molecule has 0 unspecified atom stereocenters. The molecule has 1 aromatic carbocycles. The molecule has 0 fully saturated rings. The van der Waals surface area contributed by atoms with E-state index >= 15 is 0 Å². The Hall–Kier alpha value is -2.74. The van der Waals surface area contributed by atoms with E-state index in [0.29, 0.717) is 13.0 Å². The number of carbonyl (C=O) groups is 2. The summed E-state index contributed by atoms with van der Waals surface area (Å²) < 4.78 is 0. The topological polar surface area (TPSA) is 82.2 Å². The van der Waals surface area contributed by atoms with Crippen molar-refractivity contribution in [1.82, 2.24) is 10.3 Å². The van der Waals surface area contributed by atoms with Crippen molar-refractivity contribution in [3.63, 3.8) is 0 Å². The first kappa shape index (κ1) is 13.7. The van der Waals surface area contributed by atoms with Crippen LogP contribution in [0.25, 0.3) is 10.9 Å². The largest absolute Gasteiger partial charge is 0.477 e. The fraction of sp³-hybridized carbons (Fsp3) is 0.200. The average Bonchev–Trinajstić information content (AvgIpc) is 2.81. The van der Waals surface area contributed by atoms with E-state index in [1.54, 1.807) is 12.1 Å². The first-order valence-electron chi connectivity index (χ1n) is 6.15. The molecule has 0 radical (unpaired) electrons. The number of fused-ring (bicyclic) bond motifs is 1. The van der Waals surface area contributed by atoms with Crippen molar-refractivity contribution in [3.8, 4) is 11.8 Å². The molecule has 0 aliphatic rings. The van der Waals surface area contributed by atoms with Crippen LogP contribution >= 0.6 is 0 Å². The molecule has 0 spiro atoms. The Labute approximate surface area is 116 Å². The highest BCUT2D eigenvalue weighted by Crippen LogP contribution is 2.16. The van der Waals surface area contributed by atoms with Crippen molar-refractivity contribution in [2.24, 2.45) is 0 Å². The summed E-state index contributed by atoms with van der Waals surface area (Å²) in [4.78, 5) is 24.3. The number of nitrogens with one attached hydrogen (secondary N) is 2. The number of benzene rings is 1. The normalized spacial score (nSPS) is 9.85. The highest BCUT2D eigenvalue weighted by Gasteiger charge is 2.06. The standard InChI is InChI=1S/C15H14N2O3/c1-10(18)16-7-3-2-4-11-5-6-13-12(8-11)9-14(17-13)15(19)20/h5-6,8-9,17H,3,7H2,1H3,(H,16,18)(H,19,20). The van der Waals surface area contributed by atoms with E-state index in [1.807, 2.05) is 12.1 Å². The number of hydrogen-bond donors (Lipinski definition) is 3. The predicted octanol–water partition coefficient (Wildman–Crippen LogP) is 1.74. The second-order valence-electron chi connectivity index (χ2n) is 4.32. The van der Waals surface area contributed by atoms with Gasteiger partial charge in [-0.05, 0) is 24.3 Å². The average molecular weight is 270 g/mol. The molecule has 0 aliphatic heterocycles. The lowest BCUT2D eigenvalue weighted by Crippen LogP contribution is -2.20. The van der Waals surface area contributed by atoms with Crippen molar-refractivity contribution in [1.29, 1.82) is 0 Å². The summed E-state index contributed by atoms with van der Waals surface area (Å²) in [7, 11) is 0. The second kappa shape index (κ2) is 5.93. The third-order valence-corrected chi connectivity index (χ3v) is 2.71. The van der Waals surface area contributed by atoms with Gasteiger partial charge in [-0.3, -0.25) is 4.79 Å². The van der Waals surface area contributed by atoms with E-state index < -0.39 is 5.97 Å². The van der Waals surface area contributed by atoms with Gasteiger partial charge in [0.1, 0.15) is 5.69 Å². The zero-order chi connectivity index (χ0) is 14.5. The molecule has 20 heavy (non-hydrogen) atoms. The summed E-state index contributed by atoms with van der Waals surface area (Å²) in [5, 5.41) is 12.4. The van der Waals surface area contributed by atoms with E-state index in [4.69, 9.17) is 5.11 Å². The Morgan fingerprint density at radius 3 is 2.85 bits per heavy atom. The molecule has 0 aliphatic carbocycles. The van der Waals surface area contributed by atoms with Gasteiger partial charge in [-0.25, -0.2) is 4.79 Å². The summed E-state index contributed by atoms with van der Waals surface area (Å²) in [5.74, 6) is 4.90. The van der Waals surface area contributed by atoms with Gasteiger partial charge in [-0.2, -0.15) is 0 Å². The Morgan fingerprint density at radius 2 is 2.15 bits per heavy atom. The van der Waals surface area contributed by atoms with E-state index in [2.05, 4.69) is 22.1 Å². The fourth-order valence-corrected chi connectivity index (χ4v) is 1.79. The van der Waals surface area contributed by atoms with Crippen LogP contribution in [-0.2, 0) is 4.79 Å². The van der Waals surface area contributed by atoms with E-state index in [9.17, 15) is 9.59 Å². The molecule has 1 heterocycles. The first-order chi connectivity index (χ1) is 9.56. The number of rotatable bonds is 3. The molecule has 102 valence electrons. The molecule has 0 atom stereocenters. The Balaban J connectivity index is 2.10. The Bertz CT molecular complexity index is 720. The number of carboxylic acid groups (broad SMARTS) is 1. The Morgan fingerprint density at radius 1 is 1.35 bits per heavy atom. The summed E-state index contributed by atoms with van der Waals surface area (Å²) in [5.41, 5.74) is 1.75. The number of hydrogen-bond acceptors (Lipinski definition) is 2. The van der Waals surface area contributed by atoms with Crippen LogP contribution in [0.15, 0.2) is 24.3 Å². The second-order valence-corrected chi connectivity index (χ2v) is 4.32. The SMILES string of the molecule is CC(=O)NCCC#Cc1ccc2[nH]c(C(=O)O)cc2c1. The lowest BCUT2D eigenvalue weighted by molar-refractivity contribution is -0.118. The third-order valence-electron chi connectivity index (χ3n) is 2.71. The van der Waals surface area contributed by atoms with Crippen LogP contribution in [0.1, 0.15) is 29.4 Å². The van der Waals surface area contributed by atoms with Crippen molar-refractivity contribution >= 4 is 22.8 Å². The van der Waals surface area contributed by atoms with Gasteiger partial charge in [0.2, 0.25) is 5.91 Å². The van der Waals surface area contributed by atoms with Crippen LogP contribution in [0.4, 0.5) is 0 Å². The van der Waals surface area contributed by atoms with Gasteiger partial charge in [-0.1, -0.05) is 11.8 Å². The number of aromatic nitrogens is 1. The lowest BCUT2D eigenvalue weighted by Gasteiger charge is -1.95. The molecule has 3 N–H and O–H groups in total. The van der Waals surface area contributed by atoms with Crippen LogP contribution in [0.3, 0.4) is 0 Å². The lowest BCUT2D eigenvalue weighted by atomic mass is 10.1. The van der Waals surface area contributed by atoms with Crippen LogP contribution in [-0.4, -0.2) is 28.5 Å². The van der Waals surface area contributed by atoms with Crippen LogP contribution in [0.2, 0.25) is 0 Å². The molecule has 0 saturated carbocycles. The zero-order valence-corrected chi connectivity index (χ0v) is 11.0. The highest BCUT2D eigenvalue weighted by atomic mass is 16.4. The fourth-order valence-electron chi connectivity index (χ4n) is 1.79. The van der Waals surface area contributed by atoms with Crippen molar-refractivity contribution < 1.29 is 14.7 Å². The number of H-pyrrole nitrogens is 1. The molecular weight excluding hydrogens is 256 g/mol. The summed E-state index contributed by atoms with van der Waals surface area (Å²) >= 11 is 0. The highest BCUT2D eigenvalue weighted by molar-refractivity contribution is 5.94. The maximum atomic E-state index is 10.9. The minimum absolute atomic E-state index is 0.0678. The van der Waals surface area contributed by atoms with Crippen LogP contribution < -0.4 is 5.32 Å². The van der Waals surface area contributed by atoms with Gasteiger partial charge in [0.15, 0.2) is 0 Å². The maximum absolute atomic E-state index is 10.9. The summed E-state index contributed by atoms with van der Waals surface area (Å²) in [6, 6.07) is 7.05.